The predicted octanol–water partition coefficient (Wildman–Crippen LogP) is -0.475. The van der Waals surface area contributed by atoms with Crippen molar-refractivity contribution in [1.82, 2.24) is 4.90 Å². The van der Waals surface area contributed by atoms with Crippen LogP contribution in [0.5, 0.6) is 0 Å². The van der Waals surface area contributed by atoms with Crippen LogP contribution in [-0.4, -0.2) is 60.5 Å². The van der Waals surface area contributed by atoms with E-state index in [9.17, 15) is 18.0 Å². The van der Waals surface area contributed by atoms with Gasteiger partial charge in [-0.05, 0) is 19.1 Å². The summed E-state index contributed by atoms with van der Waals surface area (Å²) in [7, 11) is -3.87. The lowest BCUT2D eigenvalue weighted by Crippen LogP contribution is -2.46. The van der Waals surface area contributed by atoms with E-state index in [2.05, 4.69) is 0 Å². The number of rotatable bonds is 8. The lowest BCUT2D eigenvalue weighted by Gasteiger charge is -2.22. The highest BCUT2D eigenvalue weighted by Crippen LogP contribution is 2.15. The molecule has 1 aromatic carbocycles. The molecule has 4 N–H and O–H groups in total. The molecule has 0 aliphatic rings. The van der Waals surface area contributed by atoms with Crippen molar-refractivity contribution < 1.29 is 28.2 Å². The molecule has 0 radical (unpaired) electrons. The Kier molecular flexibility index (Phi) is 6.03. The second-order valence-corrected chi connectivity index (χ2v) is 7.02. The van der Waals surface area contributed by atoms with E-state index in [0.717, 1.165) is 10.5 Å². The zero-order valence-corrected chi connectivity index (χ0v) is 12.8. The Morgan fingerprint density at radius 1 is 1.14 bits per heavy atom. The molecule has 0 fully saturated rings. The van der Waals surface area contributed by atoms with Gasteiger partial charge in [0.1, 0.15) is 5.37 Å². The summed E-state index contributed by atoms with van der Waals surface area (Å²) in [6.45, 7) is 0.194. The van der Waals surface area contributed by atoms with Crippen LogP contribution in [-0.2, 0) is 19.4 Å². The molecule has 0 aliphatic carbocycles. The van der Waals surface area contributed by atoms with Crippen molar-refractivity contribution in [3.8, 4) is 0 Å². The highest BCUT2D eigenvalue weighted by atomic mass is 32.2. The van der Waals surface area contributed by atoms with Gasteiger partial charge in [0.2, 0.25) is 0 Å². The van der Waals surface area contributed by atoms with Crippen LogP contribution in [0.2, 0.25) is 0 Å². The first-order valence-electron chi connectivity index (χ1n) is 6.35. The number of hydrogen-bond donors (Lipinski definition) is 3. The summed E-state index contributed by atoms with van der Waals surface area (Å²) in [6, 6.07) is 6.05. The first-order valence-corrected chi connectivity index (χ1v) is 7.89. The highest BCUT2D eigenvalue weighted by molar-refractivity contribution is 7.92. The van der Waals surface area contributed by atoms with Crippen molar-refractivity contribution in [1.29, 1.82) is 0 Å². The fourth-order valence-corrected chi connectivity index (χ4v) is 3.10. The molecule has 0 saturated heterocycles. The van der Waals surface area contributed by atoms with Gasteiger partial charge in [0, 0.05) is 6.54 Å². The molecule has 1 atom stereocenters. The van der Waals surface area contributed by atoms with Gasteiger partial charge in [0.25, 0.3) is 0 Å². The smallest absolute Gasteiger partial charge is 0.317 e. The number of carboxylic acids is 2. The first kappa shape index (κ1) is 18.1. The minimum Gasteiger partial charge on any atom is -0.480 e. The monoisotopic (exact) mass is 330 g/mol. The van der Waals surface area contributed by atoms with E-state index in [4.69, 9.17) is 15.9 Å². The second kappa shape index (κ2) is 7.34. The fraction of sp³-hybridized carbons (Fsp3) is 0.385. The molecule has 122 valence electrons. The van der Waals surface area contributed by atoms with Crippen LogP contribution >= 0.6 is 0 Å². The number of sulfone groups is 1. The van der Waals surface area contributed by atoms with Crippen molar-refractivity contribution >= 4 is 21.8 Å². The van der Waals surface area contributed by atoms with Gasteiger partial charge < -0.3 is 15.9 Å². The van der Waals surface area contributed by atoms with E-state index in [1.165, 1.54) is 12.1 Å². The maximum Gasteiger partial charge on any atom is 0.317 e. The lowest BCUT2D eigenvalue weighted by molar-refractivity contribution is -0.141. The summed E-state index contributed by atoms with van der Waals surface area (Å²) in [5.74, 6) is -2.53. The minimum absolute atomic E-state index is 0.0104. The minimum atomic E-state index is -3.87. The molecule has 1 rings (SSSR count). The molecule has 0 aromatic heterocycles. The van der Waals surface area contributed by atoms with Crippen LogP contribution in [0.25, 0.3) is 0 Å². The van der Waals surface area contributed by atoms with Gasteiger partial charge in [-0.25, -0.2) is 8.42 Å². The third kappa shape index (κ3) is 5.10. The molecule has 9 heteroatoms. The molecule has 1 unspecified atom stereocenters. The average molecular weight is 330 g/mol. The maximum absolute atomic E-state index is 12.3. The Balaban J connectivity index is 2.91. The molecule has 8 nitrogen and oxygen atoms in total. The van der Waals surface area contributed by atoms with Crippen LogP contribution in [0.4, 0.5) is 0 Å². The number of hydrogen-bond acceptors (Lipinski definition) is 6. The zero-order valence-electron chi connectivity index (χ0n) is 12.0. The van der Waals surface area contributed by atoms with Crippen LogP contribution < -0.4 is 5.73 Å². The van der Waals surface area contributed by atoms with Crippen molar-refractivity contribution in [2.45, 2.75) is 17.2 Å². The van der Waals surface area contributed by atoms with Crippen LogP contribution in [0.3, 0.4) is 0 Å². The number of aryl methyl sites for hydroxylation is 1. The molecule has 0 bridgehead atoms. The summed E-state index contributed by atoms with van der Waals surface area (Å²) in [5.41, 5.74) is 6.54. The molecule has 22 heavy (non-hydrogen) atoms. The first-order chi connectivity index (χ1) is 10.1. The molecule has 0 aliphatic heterocycles. The van der Waals surface area contributed by atoms with Crippen molar-refractivity contribution in [3.05, 3.63) is 29.8 Å². The normalized spacial score (nSPS) is 13.0. The third-order valence-electron chi connectivity index (χ3n) is 2.90. The summed E-state index contributed by atoms with van der Waals surface area (Å²) < 4.78 is 24.6. The van der Waals surface area contributed by atoms with Gasteiger partial charge >= 0.3 is 11.9 Å². The molecule has 1 aromatic rings. The van der Waals surface area contributed by atoms with Crippen molar-refractivity contribution in [2.75, 3.05) is 19.6 Å². The Bertz CT molecular complexity index is 625. The number of benzene rings is 1. The molecular weight excluding hydrogens is 312 g/mol. The van der Waals surface area contributed by atoms with Crippen LogP contribution in [0.1, 0.15) is 5.56 Å². The summed E-state index contributed by atoms with van der Waals surface area (Å²) in [6.07, 6.45) is 0. The van der Waals surface area contributed by atoms with Gasteiger partial charge in [-0.15, -0.1) is 0 Å². The SMILES string of the molecule is Cc1ccc(S(=O)(=O)C(N)CN(CC(=O)O)CC(=O)O)cc1. The molecule has 0 amide bonds. The summed E-state index contributed by atoms with van der Waals surface area (Å²) in [5, 5.41) is 16.0. The topological polar surface area (TPSA) is 138 Å². The van der Waals surface area contributed by atoms with Crippen molar-refractivity contribution in [2.24, 2.45) is 5.73 Å². The maximum atomic E-state index is 12.3. The molecule has 0 saturated carbocycles. The van der Waals surface area contributed by atoms with Gasteiger partial charge in [-0.1, -0.05) is 17.7 Å². The van der Waals surface area contributed by atoms with Crippen LogP contribution in [0.15, 0.2) is 29.2 Å². The summed E-state index contributed by atoms with van der Waals surface area (Å²) >= 11 is 0. The standard InChI is InChI=1S/C13H18N2O6S/c1-9-2-4-10(5-3-9)22(20,21)11(14)6-15(7-12(16)17)8-13(18)19/h2-5,11H,6-8,14H2,1H3,(H,16,17)(H,18,19). The second-order valence-electron chi connectivity index (χ2n) is 4.85. The molecule has 0 spiro atoms. The zero-order chi connectivity index (χ0) is 16.9. The Hall–Kier alpha value is -1.97. The fourth-order valence-electron chi connectivity index (χ4n) is 1.82. The van der Waals surface area contributed by atoms with Crippen LogP contribution in [0, 0.1) is 6.92 Å². The van der Waals surface area contributed by atoms with Crippen molar-refractivity contribution in [3.63, 3.8) is 0 Å². The number of nitrogens with two attached hydrogens (primary N) is 1. The number of nitrogens with zero attached hydrogens (tertiary/aromatic N) is 1. The quantitative estimate of drug-likeness (QED) is 0.581. The Morgan fingerprint density at radius 2 is 1.59 bits per heavy atom. The Labute approximate surface area is 128 Å². The Morgan fingerprint density at radius 3 is 2.00 bits per heavy atom. The number of carboxylic acid groups (broad SMARTS) is 2. The highest BCUT2D eigenvalue weighted by Gasteiger charge is 2.27. The van der Waals surface area contributed by atoms with Gasteiger partial charge in [-0.3, -0.25) is 14.5 Å². The summed E-state index contributed by atoms with van der Waals surface area (Å²) in [4.78, 5) is 22.4. The van der Waals surface area contributed by atoms with E-state index in [-0.39, 0.29) is 4.90 Å². The average Bonchev–Trinajstić information content (AvgIpc) is 2.37. The third-order valence-corrected chi connectivity index (χ3v) is 4.78. The van der Waals surface area contributed by atoms with Gasteiger partial charge in [0.05, 0.1) is 18.0 Å². The molecule has 0 heterocycles. The van der Waals surface area contributed by atoms with E-state index in [1.807, 2.05) is 0 Å². The van der Waals surface area contributed by atoms with Gasteiger partial charge in [-0.2, -0.15) is 0 Å². The van der Waals surface area contributed by atoms with Gasteiger partial charge in [0.15, 0.2) is 9.84 Å². The largest absolute Gasteiger partial charge is 0.480 e. The van der Waals surface area contributed by atoms with E-state index < -0.39 is 46.8 Å². The molecular formula is C13H18N2O6S. The number of aliphatic carboxylic acids is 2. The lowest BCUT2D eigenvalue weighted by atomic mass is 10.2. The van der Waals surface area contributed by atoms with E-state index >= 15 is 0 Å². The van der Waals surface area contributed by atoms with E-state index in [1.54, 1.807) is 19.1 Å². The predicted molar refractivity (Wildman–Crippen MR) is 78.1 cm³/mol. The van der Waals surface area contributed by atoms with E-state index in [0.29, 0.717) is 0 Å². The number of carbonyl (C=O) groups is 2.